The minimum Gasteiger partial charge on any atom is -0.326 e. The van der Waals surface area contributed by atoms with Crippen molar-refractivity contribution in [2.75, 3.05) is 0 Å². The van der Waals surface area contributed by atoms with Crippen LogP contribution >= 0.6 is 0 Å². The van der Waals surface area contributed by atoms with Crippen molar-refractivity contribution in [2.24, 2.45) is 5.73 Å². The first-order valence-electron chi connectivity index (χ1n) is 4.54. The van der Waals surface area contributed by atoms with Crippen molar-refractivity contribution < 1.29 is 0 Å². The molecule has 2 N–H and O–H groups in total. The van der Waals surface area contributed by atoms with Crippen molar-refractivity contribution in [3.63, 3.8) is 0 Å². The van der Waals surface area contributed by atoms with E-state index in [0.29, 0.717) is 0 Å². The number of hydrogen-bond donors (Lipinski definition) is 1. The van der Waals surface area contributed by atoms with E-state index in [9.17, 15) is 0 Å². The number of nitrogens with zero attached hydrogens (tertiary/aromatic N) is 2. The summed E-state index contributed by atoms with van der Waals surface area (Å²) in [6, 6.07) is 0. The van der Waals surface area contributed by atoms with Gasteiger partial charge in [0.05, 0.1) is 11.4 Å². The zero-order valence-corrected chi connectivity index (χ0v) is 8.54. The highest BCUT2D eigenvalue weighted by Crippen LogP contribution is 2.08. The van der Waals surface area contributed by atoms with Crippen LogP contribution in [0.2, 0.25) is 0 Å². The zero-order chi connectivity index (χ0) is 9.90. The summed E-state index contributed by atoms with van der Waals surface area (Å²) in [5, 5.41) is 0. The zero-order valence-electron chi connectivity index (χ0n) is 8.54. The molecule has 1 heterocycles. The standard InChI is InChI=1S/C10H17N3/c1-8-6-13-9(7-12-8)4-5-10(2,3)11/h6-7H,4-5,11H2,1-3H3. The third-order valence-electron chi connectivity index (χ3n) is 1.86. The summed E-state index contributed by atoms with van der Waals surface area (Å²) in [6.45, 7) is 5.98. The molecule has 3 heteroatoms. The van der Waals surface area contributed by atoms with Gasteiger partial charge in [-0.15, -0.1) is 0 Å². The van der Waals surface area contributed by atoms with Gasteiger partial charge in [-0.1, -0.05) is 0 Å². The average molecular weight is 179 g/mol. The molecular weight excluding hydrogens is 162 g/mol. The van der Waals surface area contributed by atoms with Gasteiger partial charge in [-0.3, -0.25) is 9.97 Å². The van der Waals surface area contributed by atoms with Gasteiger partial charge in [-0.2, -0.15) is 0 Å². The first-order valence-corrected chi connectivity index (χ1v) is 4.54. The van der Waals surface area contributed by atoms with Crippen LogP contribution in [0.4, 0.5) is 0 Å². The second-order valence-corrected chi connectivity index (χ2v) is 4.14. The van der Waals surface area contributed by atoms with Crippen LogP contribution in [0.3, 0.4) is 0 Å². The predicted molar refractivity (Wildman–Crippen MR) is 53.4 cm³/mol. The first kappa shape index (κ1) is 10.1. The molecule has 0 bridgehead atoms. The van der Waals surface area contributed by atoms with Crippen molar-refractivity contribution in [1.82, 2.24) is 9.97 Å². The highest BCUT2D eigenvalue weighted by molar-refractivity contribution is 5.01. The van der Waals surface area contributed by atoms with E-state index in [2.05, 4.69) is 9.97 Å². The Balaban J connectivity index is 2.51. The highest BCUT2D eigenvalue weighted by atomic mass is 14.8. The molecule has 1 aromatic heterocycles. The number of hydrogen-bond acceptors (Lipinski definition) is 3. The highest BCUT2D eigenvalue weighted by Gasteiger charge is 2.10. The van der Waals surface area contributed by atoms with Crippen LogP contribution in [0.1, 0.15) is 31.7 Å². The van der Waals surface area contributed by atoms with E-state index < -0.39 is 0 Å². The molecule has 0 radical (unpaired) electrons. The second-order valence-electron chi connectivity index (χ2n) is 4.14. The van der Waals surface area contributed by atoms with Gasteiger partial charge in [0.1, 0.15) is 0 Å². The lowest BCUT2D eigenvalue weighted by Crippen LogP contribution is -2.32. The molecule has 13 heavy (non-hydrogen) atoms. The fourth-order valence-corrected chi connectivity index (χ4v) is 0.999. The molecule has 1 aromatic rings. The Hall–Kier alpha value is -0.960. The first-order chi connectivity index (χ1) is 5.97. The van der Waals surface area contributed by atoms with E-state index >= 15 is 0 Å². The minimum atomic E-state index is -0.118. The largest absolute Gasteiger partial charge is 0.326 e. The summed E-state index contributed by atoms with van der Waals surface area (Å²) in [6.07, 6.45) is 5.45. The summed E-state index contributed by atoms with van der Waals surface area (Å²) < 4.78 is 0. The fourth-order valence-electron chi connectivity index (χ4n) is 0.999. The Morgan fingerprint density at radius 3 is 2.46 bits per heavy atom. The van der Waals surface area contributed by atoms with Crippen LogP contribution in [-0.4, -0.2) is 15.5 Å². The Morgan fingerprint density at radius 2 is 2.00 bits per heavy atom. The topological polar surface area (TPSA) is 51.8 Å². The Morgan fingerprint density at radius 1 is 1.31 bits per heavy atom. The van der Waals surface area contributed by atoms with Crippen molar-refractivity contribution >= 4 is 0 Å². The third-order valence-corrected chi connectivity index (χ3v) is 1.86. The number of aryl methyl sites for hydroxylation is 2. The third kappa shape index (κ3) is 3.99. The maximum Gasteiger partial charge on any atom is 0.0587 e. The molecule has 0 aromatic carbocycles. The van der Waals surface area contributed by atoms with Crippen LogP contribution in [0, 0.1) is 6.92 Å². The van der Waals surface area contributed by atoms with E-state index in [1.54, 1.807) is 6.20 Å². The van der Waals surface area contributed by atoms with Crippen molar-refractivity contribution in [1.29, 1.82) is 0 Å². The van der Waals surface area contributed by atoms with E-state index in [4.69, 9.17) is 5.73 Å². The van der Waals surface area contributed by atoms with Crippen LogP contribution in [-0.2, 0) is 6.42 Å². The van der Waals surface area contributed by atoms with Crippen molar-refractivity contribution in [3.05, 3.63) is 23.8 Å². The molecule has 0 aliphatic rings. The van der Waals surface area contributed by atoms with E-state index in [-0.39, 0.29) is 5.54 Å². The van der Waals surface area contributed by atoms with Gasteiger partial charge in [0, 0.05) is 17.9 Å². The molecule has 0 saturated carbocycles. The number of aromatic nitrogens is 2. The summed E-state index contributed by atoms with van der Waals surface area (Å²) in [4.78, 5) is 8.44. The molecule has 0 aliphatic carbocycles. The van der Waals surface area contributed by atoms with Gasteiger partial charge in [0.2, 0.25) is 0 Å². The molecule has 72 valence electrons. The predicted octanol–water partition coefficient (Wildman–Crippen LogP) is 1.45. The van der Waals surface area contributed by atoms with Crippen molar-refractivity contribution in [3.8, 4) is 0 Å². The van der Waals surface area contributed by atoms with E-state index in [0.717, 1.165) is 24.2 Å². The van der Waals surface area contributed by atoms with Gasteiger partial charge in [-0.05, 0) is 33.6 Å². The van der Waals surface area contributed by atoms with Crippen LogP contribution in [0.15, 0.2) is 12.4 Å². The Labute approximate surface area is 79.4 Å². The lowest BCUT2D eigenvalue weighted by Gasteiger charge is -2.17. The van der Waals surface area contributed by atoms with Crippen LogP contribution in [0.25, 0.3) is 0 Å². The van der Waals surface area contributed by atoms with Gasteiger partial charge in [0.25, 0.3) is 0 Å². The van der Waals surface area contributed by atoms with Crippen LogP contribution in [0.5, 0.6) is 0 Å². The maximum absolute atomic E-state index is 5.87. The Bertz CT molecular complexity index is 258. The molecule has 0 fully saturated rings. The second kappa shape index (κ2) is 3.83. The quantitative estimate of drug-likeness (QED) is 0.764. The normalized spacial score (nSPS) is 11.7. The molecule has 0 aliphatic heterocycles. The molecule has 0 spiro atoms. The van der Waals surface area contributed by atoms with Crippen LogP contribution < -0.4 is 5.73 Å². The lowest BCUT2D eigenvalue weighted by atomic mass is 9.99. The number of rotatable bonds is 3. The summed E-state index contributed by atoms with van der Waals surface area (Å²) in [5.41, 5.74) is 7.72. The van der Waals surface area contributed by atoms with E-state index in [1.807, 2.05) is 27.0 Å². The monoisotopic (exact) mass is 179 g/mol. The van der Waals surface area contributed by atoms with Gasteiger partial charge in [0.15, 0.2) is 0 Å². The average Bonchev–Trinajstić information content (AvgIpc) is 2.02. The summed E-state index contributed by atoms with van der Waals surface area (Å²) in [5.74, 6) is 0. The summed E-state index contributed by atoms with van der Waals surface area (Å²) in [7, 11) is 0. The molecular formula is C10H17N3. The minimum absolute atomic E-state index is 0.118. The Kier molecular flexibility index (Phi) is 2.98. The van der Waals surface area contributed by atoms with E-state index in [1.165, 1.54) is 0 Å². The molecule has 1 rings (SSSR count). The smallest absolute Gasteiger partial charge is 0.0587 e. The SMILES string of the molecule is Cc1cnc(CCC(C)(C)N)cn1. The van der Waals surface area contributed by atoms with Gasteiger partial charge >= 0.3 is 0 Å². The lowest BCUT2D eigenvalue weighted by molar-refractivity contribution is 0.473. The van der Waals surface area contributed by atoms with Gasteiger partial charge < -0.3 is 5.73 Å². The van der Waals surface area contributed by atoms with Gasteiger partial charge in [-0.25, -0.2) is 0 Å². The van der Waals surface area contributed by atoms with Crippen molar-refractivity contribution in [2.45, 2.75) is 39.2 Å². The molecule has 0 atom stereocenters. The maximum atomic E-state index is 5.87. The molecule has 0 unspecified atom stereocenters. The molecule has 3 nitrogen and oxygen atoms in total. The fraction of sp³-hybridized carbons (Fsp3) is 0.600. The molecule has 0 amide bonds. The molecule has 0 saturated heterocycles. The summed E-state index contributed by atoms with van der Waals surface area (Å²) >= 11 is 0. The number of nitrogens with two attached hydrogens (primary N) is 1.